The SMILES string of the molecule is C=CS(C)(=O)=O.CCCCS.CCCCSCCS(=O)(=O)OCC.O=S(=O)(Cl)CCCl. The first kappa shape index (κ1) is 39.1. The third kappa shape index (κ3) is 53.8. The van der Waals surface area contributed by atoms with E-state index in [2.05, 4.69) is 37.2 Å². The summed E-state index contributed by atoms with van der Waals surface area (Å²) in [6.07, 6.45) is 5.93. The van der Waals surface area contributed by atoms with Gasteiger partial charge in [0.05, 0.1) is 18.1 Å². The first-order valence-corrected chi connectivity index (χ1v) is 17.9. The van der Waals surface area contributed by atoms with Gasteiger partial charge in [0.15, 0.2) is 9.84 Å². The molecule has 0 unspecified atom stereocenters. The minimum atomic E-state index is -3.33. The van der Waals surface area contributed by atoms with Crippen molar-refractivity contribution >= 4 is 75.7 Å². The van der Waals surface area contributed by atoms with Gasteiger partial charge >= 0.3 is 0 Å². The Morgan fingerprint density at radius 2 is 1.45 bits per heavy atom. The first-order chi connectivity index (χ1) is 14.2. The summed E-state index contributed by atoms with van der Waals surface area (Å²) in [7, 11) is -4.75. The number of hydrogen-bond donors (Lipinski definition) is 1. The van der Waals surface area contributed by atoms with Gasteiger partial charge in [-0.3, -0.25) is 4.18 Å². The van der Waals surface area contributed by atoms with Crippen LogP contribution in [0, 0.1) is 0 Å². The Morgan fingerprint density at radius 1 is 0.968 bits per heavy atom. The summed E-state index contributed by atoms with van der Waals surface area (Å²) in [5.74, 6) is 2.76. The molecule has 192 valence electrons. The molecule has 0 N–H and O–H groups in total. The van der Waals surface area contributed by atoms with Crippen LogP contribution in [0.5, 0.6) is 0 Å². The van der Waals surface area contributed by atoms with Crippen LogP contribution in [0.2, 0.25) is 0 Å². The van der Waals surface area contributed by atoms with Crippen LogP contribution in [0.15, 0.2) is 12.0 Å². The fourth-order valence-electron chi connectivity index (χ4n) is 0.998. The molecule has 0 saturated heterocycles. The van der Waals surface area contributed by atoms with Gasteiger partial charge in [-0.25, -0.2) is 16.8 Å². The maximum atomic E-state index is 11.0. The maximum absolute atomic E-state index is 11.0. The number of sulfone groups is 1. The standard InChI is InChI=1S/C8H18O3S2.C4H10S.C3H6O2S.C2H4Cl2O2S/c1-3-5-6-12-7-8-13(9,10)11-4-2;1-2-3-4-5;1-3-6(2,4)5;3-1-2-7(4,5)6/h3-8H2,1-2H3;5H,2-4H2,1H3;3H,1H2,2H3;1-2H2. The number of thiol groups is 1. The Kier molecular flexibility index (Phi) is 32.1. The van der Waals surface area contributed by atoms with E-state index in [1.807, 2.05) is 0 Å². The van der Waals surface area contributed by atoms with Crippen LogP contribution in [0.3, 0.4) is 0 Å². The predicted molar refractivity (Wildman–Crippen MR) is 142 cm³/mol. The van der Waals surface area contributed by atoms with Gasteiger partial charge in [-0.15, -0.1) is 11.6 Å². The van der Waals surface area contributed by atoms with Gasteiger partial charge in [-0.2, -0.15) is 32.8 Å². The summed E-state index contributed by atoms with van der Waals surface area (Å²) in [5, 5.41) is 0.910. The third-order valence-corrected chi connectivity index (χ3v) is 7.67. The monoisotopic (exact) mass is 584 g/mol. The number of alkyl halides is 1. The molecule has 0 aliphatic heterocycles. The summed E-state index contributed by atoms with van der Waals surface area (Å²) in [6.45, 7) is 9.25. The van der Waals surface area contributed by atoms with E-state index in [0.717, 1.165) is 36.0 Å². The number of unbranched alkanes of at least 4 members (excludes halogenated alkanes) is 2. The molecule has 31 heavy (non-hydrogen) atoms. The van der Waals surface area contributed by atoms with E-state index in [1.165, 1.54) is 12.8 Å². The van der Waals surface area contributed by atoms with Crippen molar-refractivity contribution in [1.29, 1.82) is 0 Å². The van der Waals surface area contributed by atoms with Crippen molar-refractivity contribution in [2.24, 2.45) is 0 Å². The maximum Gasteiger partial charge on any atom is 0.268 e. The van der Waals surface area contributed by atoms with Gasteiger partial charge in [0, 0.05) is 34.0 Å². The molecular weight excluding hydrogens is 547 g/mol. The molecule has 0 amide bonds. The zero-order valence-corrected chi connectivity index (χ0v) is 24.4. The molecule has 0 aromatic rings. The van der Waals surface area contributed by atoms with E-state index < -0.39 is 29.0 Å². The van der Waals surface area contributed by atoms with E-state index in [0.29, 0.717) is 5.75 Å². The predicted octanol–water partition coefficient (Wildman–Crippen LogP) is 4.57. The Balaban J connectivity index is -0.000000172. The van der Waals surface area contributed by atoms with Crippen LogP contribution >= 0.6 is 46.7 Å². The zero-order valence-electron chi connectivity index (χ0n) is 18.8. The lowest BCUT2D eigenvalue weighted by Crippen LogP contribution is -2.12. The van der Waals surface area contributed by atoms with E-state index in [1.54, 1.807) is 18.7 Å². The molecule has 7 nitrogen and oxygen atoms in total. The summed E-state index contributed by atoms with van der Waals surface area (Å²) >= 11 is 10.7. The second kappa shape index (κ2) is 25.5. The fraction of sp³-hybridized carbons (Fsp3) is 0.882. The number of rotatable bonds is 13. The third-order valence-electron chi connectivity index (χ3n) is 2.55. The second-order valence-corrected chi connectivity index (χ2v) is 14.3. The van der Waals surface area contributed by atoms with Gasteiger partial charge in [0.1, 0.15) is 0 Å². The Labute approximate surface area is 209 Å². The number of halogens is 2. The van der Waals surface area contributed by atoms with Crippen LogP contribution in [0.1, 0.15) is 46.5 Å². The Bertz CT molecular complexity index is 681. The topological polar surface area (TPSA) is 112 Å². The number of thioether (sulfide) groups is 1. The minimum Gasteiger partial charge on any atom is -0.270 e. The molecule has 0 spiro atoms. The van der Waals surface area contributed by atoms with E-state index in [9.17, 15) is 25.3 Å². The highest BCUT2D eigenvalue weighted by Gasteiger charge is 2.08. The van der Waals surface area contributed by atoms with Crippen molar-refractivity contribution < 1.29 is 29.4 Å². The zero-order chi connectivity index (χ0) is 25.4. The molecule has 0 atom stereocenters. The first-order valence-electron chi connectivity index (χ1n) is 9.52. The summed E-state index contributed by atoms with van der Waals surface area (Å²) in [5.41, 5.74) is 0. The normalized spacial score (nSPS) is 11.1. The summed E-state index contributed by atoms with van der Waals surface area (Å²) in [4.78, 5) is 0. The molecule has 14 heteroatoms. The van der Waals surface area contributed by atoms with Crippen LogP contribution in [0.25, 0.3) is 0 Å². The Hall–Kier alpha value is 0.830. The molecule has 0 aliphatic rings. The van der Waals surface area contributed by atoms with Gasteiger partial charge in [-0.05, 0) is 31.3 Å². The Morgan fingerprint density at radius 3 is 1.68 bits per heavy atom. The van der Waals surface area contributed by atoms with Gasteiger partial charge in [0.2, 0.25) is 9.05 Å². The lowest BCUT2D eigenvalue weighted by atomic mass is 10.4. The quantitative estimate of drug-likeness (QED) is 0.110. The summed E-state index contributed by atoms with van der Waals surface area (Å²) in [6, 6.07) is 0. The molecule has 0 fully saturated rings. The van der Waals surface area contributed by atoms with Crippen molar-refractivity contribution in [2.45, 2.75) is 46.5 Å². The lowest BCUT2D eigenvalue weighted by molar-refractivity contribution is 0.339. The number of hydrogen-bond acceptors (Lipinski definition) is 9. The molecule has 0 bridgehead atoms. The largest absolute Gasteiger partial charge is 0.270 e. The average molecular weight is 586 g/mol. The molecule has 0 aromatic carbocycles. The summed E-state index contributed by atoms with van der Waals surface area (Å²) < 4.78 is 66.2. The lowest BCUT2D eigenvalue weighted by Gasteiger charge is -2.02. The van der Waals surface area contributed by atoms with Crippen molar-refractivity contribution in [1.82, 2.24) is 0 Å². The molecule has 0 radical (unpaired) electrons. The van der Waals surface area contributed by atoms with Crippen LogP contribution < -0.4 is 0 Å². The van der Waals surface area contributed by atoms with E-state index in [4.69, 9.17) is 22.3 Å². The second-order valence-electron chi connectivity index (χ2n) is 5.64. The smallest absolute Gasteiger partial charge is 0.268 e. The molecule has 0 saturated carbocycles. The van der Waals surface area contributed by atoms with Crippen molar-refractivity contribution in [2.75, 3.05) is 47.5 Å². The van der Waals surface area contributed by atoms with E-state index >= 15 is 0 Å². The fourth-order valence-corrected chi connectivity index (χ4v) is 5.04. The van der Waals surface area contributed by atoms with Crippen molar-refractivity contribution in [3.8, 4) is 0 Å². The van der Waals surface area contributed by atoms with E-state index in [-0.39, 0.29) is 24.0 Å². The molecular formula is C17H38Cl2O7S5. The van der Waals surface area contributed by atoms with Gasteiger partial charge in [-0.1, -0.05) is 33.3 Å². The minimum absolute atomic E-state index is 0.0613. The molecule has 0 rings (SSSR count). The average Bonchev–Trinajstić information content (AvgIpc) is 2.62. The molecule has 0 heterocycles. The highest BCUT2D eigenvalue weighted by molar-refractivity contribution is 8.13. The highest BCUT2D eigenvalue weighted by atomic mass is 35.7. The van der Waals surface area contributed by atoms with Crippen LogP contribution in [0.4, 0.5) is 0 Å². The van der Waals surface area contributed by atoms with Crippen molar-refractivity contribution in [3.63, 3.8) is 0 Å². The van der Waals surface area contributed by atoms with Crippen LogP contribution in [-0.2, 0) is 33.2 Å². The molecule has 0 aromatic heterocycles. The highest BCUT2D eigenvalue weighted by Crippen LogP contribution is 2.06. The molecule has 0 aliphatic carbocycles. The van der Waals surface area contributed by atoms with Crippen molar-refractivity contribution in [3.05, 3.63) is 12.0 Å². The van der Waals surface area contributed by atoms with Gasteiger partial charge < -0.3 is 0 Å². The van der Waals surface area contributed by atoms with Gasteiger partial charge in [0.25, 0.3) is 10.1 Å². The van der Waals surface area contributed by atoms with Crippen LogP contribution in [-0.4, -0.2) is 72.8 Å².